The number of aliphatic hydroxyl groups excluding tert-OH is 1. The zero-order valence-electron chi connectivity index (χ0n) is 23.2. The van der Waals surface area contributed by atoms with Gasteiger partial charge in [-0.3, -0.25) is 14.0 Å². The minimum Gasteiger partial charge on any atom is -0.505 e. The number of rotatable bonds is 6. The van der Waals surface area contributed by atoms with E-state index in [4.69, 9.17) is 0 Å². The van der Waals surface area contributed by atoms with Crippen molar-refractivity contribution in [2.24, 2.45) is 0 Å². The third-order valence-electron chi connectivity index (χ3n) is 7.56. The maximum Gasteiger partial charge on any atom is 0.416 e. The normalized spacial score (nSPS) is 18.6. The van der Waals surface area contributed by atoms with Crippen LogP contribution in [0.2, 0.25) is 0 Å². The van der Waals surface area contributed by atoms with Crippen LogP contribution in [0.25, 0.3) is 5.76 Å². The molecule has 2 aliphatic rings. The van der Waals surface area contributed by atoms with Crippen LogP contribution >= 0.6 is 0 Å². The van der Waals surface area contributed by atoms with Crippen LogP contribution in [0.15, 0.2) is 71.4 Å². The predicted octanol–water partition coefficient (Wildman–Crippen LogP) is 5.04. The van der Waals surface area contributed by atoms with Crippen molar-refractivity contribution >= 4 is 27.3 Å². The Balaban J connectivity index is 1.34. The van der Waals surface area contributed by atoms with Gasteiger partial charge in [0, 0.05) is 56.2 Å². The molecule has 0 spiro atoms. The number of alkyl halides is 3. The molecule has 42 heavy (non-hydrogen) atoms. The first kappa shape index (κ1) is 29.6. The van der Waals surface area contributed by atoms with Crippen molar-refractivity contribution in [2.45, 2.75) is 31.5 Å². The van der Waals surface area contributed by atoms with Crippen LogP contribution in [0.5, 0.6) is 0 Å². The van der Waals surface area contributed by atoms with Crippen LogP contribution in [-0.2, 0) is 16.2 Å². The molecule has 3 heterocycles. The van der Waals surface area contributed by atoms with E-state index in [2.05, 4.69) is 9.88 Å². The molecule has 0 atom stereocenters. The summed E-state index contributed by atoms with van der Waals surface area (Å²) in [7, 11) is -4.26. The fourth-order valence-electron chi connectivity index (χ4n) is 5.46. The third-order valence-corrected chi connectivity index (χ3v) is 9.29. The Morgan fingerprint density at radius 1 is 0.952 bits per heavy atom. The summed E-state index contributed by atoms with van der Waals surface area (Å²) in [4.78, 5) is 21.9. The molecule has 1 saturated heterocycles. The summed E-state index contributed by atoms with van der Waals surface area (Å²) >= 11 is 0. The lowest BCUT2D eigenvalue weighted by Crippen LogP contribution is -2.47. The second-order valence-electron chi connectivity index (χ2n) is 10.5. The molecule has 0 radical (unpaired) electrons. The molecule has 0 unspecified atom stereocenters. The van der Waals surface area contributed by atoms with Crippen molar-refractivity contribution in [3.05, 3.63) is 94.3 Å². The highest BCUT2D eigenvalue weighted by Gasteiger charge is 2.43. The molecule has 0 bridgehead atoms. The number of hydrogen-bond donors (Lipinski definition) is 1. The summed E-state index contributed by atoms with van der Waals surface area (Å²) in [6, 6.07) is 15.2. The summed E-state index contributed by atoms with van der Waals surface area (Å²) in [6.45, 7) is 5.89. The quantitative estimate of drug-likeness (QED) is 0.313. The van der Waals surface area contributed by atoms with Gasteiger partial charge in [0.05, 0.1) is 11.1 Å². The Morgan fingerprint density at radius 2 is 1.64 bits per heavy atom. The van der Waals surface area contributed by atoms with Crippen molar-refractivity contribution in [1.29, 1.82) is 0 Å². The van der Waals surface area contributed by atoms with Crippen molar-refractivity contribution in [3.63, 3.8) is 0 Å². The number of nitrogens with zero attached hydrogens (tertiary/aromatic N) is 4. The average Bonchev–Trinajstić information content (AvgIpc) is 2.95. The van der Waals surface area contributed by atoms with Gasteiger partial charge in [0.2, 0.25) is 5.78 Å². The highest BCUT2D eigenvalue weighted by Crippen LogP contribution is 2.36. The Hall–Kier alpha value is -3.90. The lowest BCUT2D eigenvalue weighted by molar-refractivity contribution is -0.137. The van der Waals surface area contributed by atoms with Crippen LogP contribution in [0.3, 0.4) is 0 Å². The van der Waals surface area contributed by atoms with E-state index >= 15 is 0 Å². The van der Waals surface area contributed by atoms with Crippen LogP contribution in [0.4, 0.5) is 18.9 Å². The number of piperazine rings is 1. The zero-order valence-corrected chi connectivity index (χ0v) is 24.0. The second kappa shape index (κ2) is 11.4. The number of pyridine rings is 1. The van der Waals surface area contributed by atoms with Crippen molar-refractivity contribution < 1.29 is 31.5 Å². The number of ketones is 1. The van der Waals surface area contributed by atoms with Gasteiger partial charge in [-0.2, -0.15) is 21.6 Å². The number of carbonyl (C=O) groups excluding carboxylic acids is 1. The van der Waals surface area contributed by atoms with E-state index in [1.54, 1.807) is 56.3 Å². The van der Waals surface area contributed by atoms with Crippen LogP contribution in [0.1, 0.15) is 39.2 Å². The maximum absolute atomic E-state index is 13.8. The fourth-order valence-corrected chi connectivity index (χ4v) is 7.22. The molecule has 8 nitrogen and oxygen atoms in total. The van der Waals surface area contributed by atoms with E-state index in [0.29, 0.717) is 61.7 Å². The summed E-state index contributed by atoms with van der Waals surface area (Å²) in [5.41, 5.74) is 0.697. The molecular formula is C30H31F3N4O4S. The predicted molar refractivity (Wildman–Crippen MR) is 153 cm³/mol. The number of fused-ring (bicyclic) bond motifs is 1. The molecule has 1 fully saturated rings. The van der Waals surface area contributed by atoms with E-state index in [1.807, 2.05) is 4.90 Å². The molecule has 0 saturated carbocycles. The first-order chi connectivity index (χ1) is 19.9. The summed E-state index contributed by atoms with van der Waals surface area (Å²) < 4.78 is 68.1. The Kier molecular flexibility index (Phi) is 8.04. The minimum atomic E-state index is -4.41. The molecule has 1 N–H and O–H groups in total. The number of aryl methyl sites for hydroxylation is 2. The average molecular weight is 601 g/mol. The SMILES string of the molecule is Cc1cc(C)c2c(n1)S(=O)(=O)N(CCCN1CCN(c3cccc(C(F)(F)F)c3)CC1)C(=C(O)c1ccccc1)C2=O. The van der Waals surface area contributed by atoms with Gasteiger partial charge in [-0.05, 0) is 50.1 Å². The first-order valence-corrected chi connectivity index (χ1v) is 15.0. The number of halogens is 3. The number of aromatic nitrogens is 1. The third kappa shape index (κ3) is 5.73. The summed E-state index contributed by atoms with van der Waals surface area (Å²) in [5.74, 6) is -1.04. The lowest BCUT2D eigenvalue weighted by atomic mass is 10.0. The smallest absolute Gasteiger partial charge is 0.416 e. The molecule has 5 rings (SSSR count). The summed E-state index contributed by atoms with van der Waals surface area (Å²) in [6.07, 6.45) is -4.06. The monoisotopic (exact) mass is 600 g/mol. The number of allylic oxidation sites excluding steroid dienone is 1. The van der Waals surface area contributed by atoms with Crippen molar-refractivity contribution in [2.75, 3.05) is 44.2 Å². The van der Waals surface area contributed by atoms with Crippen LogP contribution in [0, 0.1) is 13.8 Å². The molecule has 3 aromatic rings. The van der Waals surface area contributed by atoms with E-state index in [1.165, 1.54) is 6.07 Å². The first-order valence-electron chi connectivity index (χ1n) is 13.6. The fraction of sp³-hybridized carbons (Fsp3) is 0.333. The second-order valence-corrected chi connectivity index (χ2v) is 12.2. The van der Waals surface area contributed by atoms with Gasteiger partial charge in [0.25, 0.3) is 10.0 Å². The van der Waals surface area contributed by atoms with Gasteiger partial charge < -0.3 is 10.0 Å². The molecular weight excluding hydrogens is 569 g/mol. The molecule has 222 valence electrons. The number of carbonyl (C=O) groups is 1. The number of benzene rings is 2. The summed E-state index contributed by atoms with van der Waals surface area (Å²) in [5, 5.41) is 10.9. The Morgan fingerprint density at radius 3 is 2.31 bits per heavy atom. The topological polar surface area (TPSA) is 94.1 Å². The van der Waals surface area contributed by atoms with Gasteiger partial charge in [0.1, 0.15) is 5.70 Å². The molecule has 1 aromatic heterocycles. The molecule has 12 heteroatoms. The van der Waals surface area contributed by atoms with Gasteiger partial charge in [0.15, 0.2) is 10.8 Å². The molecule has 2 aromatic carbocycles. The zero-order chi connectivity index (χ0) is 30.2. The van der Waals surface area contributed by atoms with Crippen LogP contribution in [-0.4, -0.2) is 72.8 Å². The number of hydrogen-bond acceptors (Lipinski definition) is 7. The highest BCUT2D eigenvalue weighted by molar-refractivity contribution is 7.89. The van der Waals surface area contributed by atoms with E-state index < -0.39 is 33.3 Å². The Labute approximate surface area is 242 Å². The maximum atomic E-state index is 13.8. The molecule has 2 aliphatic heterocycles. The number of aliphatic hydroxyl groups is 1. The van der Waals surface area contributed by atoms with Gasteiger partial charge >= 0.3 is 6.18 Å². The van der Waals surface area contributed by atoms with Gasteiger partial charge in [-0.25, -0.2) is 4.98 Å². The van der Waals surface area contributed by atoms with Crippen molar-refractivity contribution in [1.82, 2.24) is 14.2 Å². The van der Waals surface area contributed by atoms with Gasteiger partial charge in [-0.15, -0.1) is 0 Å². The lowest BCUT2D eigenvalue weighted by Gasteiger charge is -2.37. The standard InChI is InChI=1S/C30H31F3N4O4S/c1-20-18-21(2)34-29-25(20)28(39)26(27(38)22-8-4-3-5-9-22)37(42(29,40)41)13-7-12-35-14-16-36(17-15-35)24-11-6-10-23(19-24)30(31,32)33/h3-6,8-11,18-19,38H,7,12-17H2,1-2H3. The van der Waals surface area contributed by atoms with Crippen molar-refractivity contribution in [3.8, 4) is 0 Å². The van der Waals surface area contributed by atoms with Crippen LogP contribution < -0.4 is 4.90 Å². The van der Waals surface area contributed by atoms with E-state index in [9.17, 15) is 31.5 Å². The van der Waals surface area contributed by atoms with E-state index in [0.717, 1.165) is 16.4 Å². The van der Waals surface area contributed by atoms with E-state index in [-0.39, 0.29) is 22.8 Å². The Bertz CT molecular complexity index is 1630. The highest BCUT2D eigenvalue weighted by atomic mass is 32.2. The minimum absolute atomic E-state index is 0.0416. The molecule has 0 aliphatic carbocycles. The number of sulfonamides is 1. The molecule has 0 amide bonds. The largest absolute Gasteiger partial charge is 0.505 e. The number of Topliss-reactive ketones (excluding diaryl/α,β-unsaturated/α-hetero) is 1. The number of anilines is 1. The van der Waals surface area contributed by atoms with Gasteiger partial charge in [-0.1, -0.05) is 36.4 Å².